The Morgan fingerprint density at radius 2 is 1.75 bits per heavy atom. The molecule has 0 spiro atoms. The molecule has 2 aliphatic heterocycles. The molecule has 0 aromatic rings. The van der Waals surface area contributed by atoms with Crippen molar-refractivity contribution in [3.05, 3.63) is 11.3 Å². The Balaban J connectivity index is 2.06. The minimum Gasteiger partial charge on any atom is -0.303 e. The zero-order valence-corrected chi connectivity index (χ0v) is 9.67. The molecular weight excluding hydrogens is 206 g/mol. The van der Waals surface area contributed by atoms with Gasteiger partial charge in [-0.3, -0.25) is 10.1 Å². The zero-order valence-electron chi connectivity index (χ0n) is 9.67. The van der Waals surface area contributed by atoms with E-state index in [2.05, 4.69) is 29.4 Å². The van der Waals surface area contributed by atoms with Crippen LogP contribution in [0.1, 0.15) is 26.7 Å². The van der Waals surface area contributed by atoms with Gasteiger partial charge >= 0.3 is 6.03 Å². The predicted molar refractivity (Wildman–Crippen MR) is 59.6 cm³/mol. The van der Waals surface area contributed by atoms with Gasteiger partial charge in [-0.15, -0.1) is 0 Å². The van der Waals surface area contributed by atoms with Crippen LogP contribution in [0.5, 0.6) is 0 Å². The fraction of sp³-hybridized carbons (Fsp3) is 0.636. The number of rotatable bonds is 1. The lowest BCUT2D eigenvalue weighted by Gasteiger charge is -2.31. The Labute approximate surface area is 94.9 Å². The molecule has 0 saturated carbocycles. The molecule has 5 nitrogen and oxygen atoms in total. The van der Waals surface area contributed by atoms with Crippen LogP contribution in [-0.4, -0.2) is 36.0 Å². The highest BCUT2D eigenvalue weighted by molar-refractivity contribution is 6.12. The molecule has 0 aromatic heterocycles. The zero-order chi connectivity index (χ0) is 11.7. The van der Waals surface area contributed by atoms with E-state index in [4.69, 9.17) is 0 Å². The van der Waals surface area contributed by atoms with Crippen molar-refractivity contribution in [2.45, 2.75) is 32.7 Å². The summed E-state index contributed by atoms with van der Waals surface area (Å²) < 4.78 is 0. The number of nitrogens with one attached hydrogen (secondary N) is 2. The average Bonchev–Trinajstić information content (AvgIpc) is 2.58. The third-order valence-electron chi connectivity index (χ3n) is 3.18. The van der Waals surface area contributed by atoms with E-state index in [1.54, 1.807) is 0 Å². The first-order valence-corrected chi connectivity index (χ1v) is 5.66. The van der Waals surface area contributed by atoms with Gasteiger partial charge in [0.2, 0.25) is 0 Å². The van der Waals surface area contributed by atoms with Gasteiger partial charge in [-0.05, 0) is 32.3 Å². The molecule has 3 amide bonds. The third-order valence-corrected chi connectivity index (χ3v) is 3.18. The fourth-order valence-corrected chi connectivity index (χ4v) is 2.18. The van der Waals surface area contributed by atoms with E-state index in [0.29, 0.717) is 11.7 Å². The van der Waals surface area contributed by atoms with E-state index in [-0.39, 0.29) is 5.91 Å². The molecule has 0 unspecified atom stereocenters. The number of piperidine rings is 1. The molecule has 0 aliphatic carbocycles. The quantitative estimate of drug-likeness (QED) is 0.505. The molecule has 88 valence electrons. The van der Waals surface area contributed by atoms with Crippen molar-refractivity contribution in [1.82, 2.24) is 15.5 Å². The molecule has 0 bridgehead atoms. The summed E-state index contributed by atoms with van der Waals surface area (Å²) in [6.45, 7) is 6.25. The second-order valence-corrected chi connectivity index (χ2v) is 4.52. The molecule has 0 radical (unpaired) electrons. The van der Waals surface area contributed by atoms with E-state index in [1.165, 1.54) is 0 Å². The monoisotopic (exact) mass is 223 g/mol. The Kier molecular flexibility index (Phi) is 2.96. The van der Waals surface area contributed by atoms with E-state index in [0.717, 1.165) is 31.5 Å². The molecule has 2 rings (SSSR count). The minimum atomic E-state index is -0.404. The van der Waals surface area contributed by atoms with Crippen molar-refractivity contribution >= 4 is 11.9 Å². The third kappa shape index (κ3) is 2.09. The topological polar surface area (TPSA) is 61.4 Å². The van der Waals surface area contributed by atoms with E-state index in [1.807, 2.05) is 0 Å². The predicted octanol–water partition coefficient (Wildman–Crippen LogP) is 0.584. The summed E-state index contributed by atoms with van der Waals surface area (Å²) >= 11 is 0. The first-order valence-electron chi connectivity index (χ1n) is 5.66. The second kappa shape index (κ2) is 4.25. The summed E-state index contributed by atoms with van der Waals surface area (Å²) in [5.41, 5.74) is 1.55. The molecule has 2 N–H and O–H groups in total. The van der Waals surface area contributed by atoms with Crippen LogP contribution < -0.4 is 10.6 Å². The molecule has 5 heteroatoms. The van der Waals surface area contributed by atoms with Crippen LogP contribution in [0.3, 0.4) is 0 Å². The van der Waals surface area contributed by atoms with Crippen LogP contribution in [-0.2, 0) is 4.79 Å². The van der Waals surface area contributed by atoms with Crippen LogP contribution in [0.4, 0.5) is 4.79 Å². The number of likely N-dealkylation sites (tertiary alicyclic amines) is 1. The van der Waals surface area contributed by atoms with Crippen LogP contribution in [0.25, 0.3) is 0 Å². The van der Waals surface area contributed by atoms with Gasteiger partial charge < -0.3 is 10.2 Å². The number of imide groups is 1. The van der Waals surface area contributed by atoms with Gasteiger partial charge in [0.15, 0.2) is 0 Å². The second-order valence-electron chi connectivity index (χ2n) is 4.52. The standard InChI is InChI=1S/C11H17N3O2/c1-7(2)14-5-3-8(4-6-14)9-10(15)13-11(16)12-9/h7H,3-6H2,1-2H3,(H2,12,13,15,16). The highest BCUT2D eigenvalue weighted by Gasteiger charge is 2.28. The summed E-state index contributed by atoms with van der Waals surface area (Å²) in [5.74, 6) is -0.280. The van der Waals surface area contributed by atoms with Gasteiger partial charge in [0.05, 0.1) is 0 Å². The maximum atomic E-state index is 11.4. The van der Waals surface area contributed by atoms with Gasteiger partial charge in [-0.1, -0.05) is 0 Å². The number of urea groups is 1. The van der Waals surface area contributed by atoms with Crippen molar-refractivity contribution in [1.29, 1.82) is 0 Å². The summed E-state index contributed by atoms with van der Waals surface area (Å²) in [6.07, 6.45) is 1.72. The molecule has 2 saturated heterocycles. The summed E-state index contributed by atoms with van der Waals surface area (Å²) in [7, 11) is 0. The fourth-order valence-electron chi connectivity index (χ4n) is 2.18. The highest BCUT2D eigenvalue weighted by atomic mass is 16.2. The van der Waals surface area contributed by atoms with Crippen LogP contribution in [0, 0.1) is 0 Å². The average molecular weight is 223 g/mol. The van der Waals surface area contributed by atoms with Crippen molar-refractivity contribution in [3.63, 3.8) is 0 Å². The van der Waals surface area contributed by atoms with Gasteiger partial charge in [0.1, 0.15) is 5.70 Å². The Morgan fingerprint density at radius 3 is 2.19 bits per heavy atom. The Morgan fingerprint density at radius 1 is 1.12 bits per heavy atom. The number of hydrogen-bond acceptors (Lipinski definition) is 3. The van der Waals surface area contributed by atoms with Gasteiger partial charge in [0.25, 0.3) is 5.91 Å². The smallest absolute Gasteiger partial charge is 0.303 e. The van der Waals surface area contributed by atoms with Crippen molar-refractivity contribution < 1.29 is 9.59 Å². The van der Waals surface area contributed by atoms with Gasteiger partial charge in [0, 0.05) is 19.1 Å². The number of carbonyl (C=O) groups is 2. The normalized spacial score (nSPS) is 22.7. The minimum absolute atomic E-state index is 0.280. The first-order chi connectivity index (χ1) is 7.58. The molecule has 2 aliphatic rings. The summed E-state index contributed by atoms with van der Waals surface area (Å²) in [5, 5.41) is 4.82. The lowest BCUT2D eigenvalue weighted by Crippen LogP contribution is -2.37. The van der Waals surface area contributed by atoms with Crippen LogP contribution in [0.15, 0.2) is 11.3 Å². The number of amides is 3. The Bertz CT molecular complexity index is 350. The molecular formula is C11H17N3O2. The molecule has 2 heterocycles. The molecule has 0 aromatic carbocycles. The first kappa shape index (κ1) is 11.1. The Hall–Kier alpha value is -1.36. The van der Waals surface area contributed by atoms with Crippen molar-refractivity contribution in [2.75, 3.05) is 13.1 Å². The highest BCUT2D eigenvalue weighted by Crippen LogP contribution is 2.21. The largest absolute Gasteiger partial charge is 0.326 e. The van der Waals surface area contributed by atoms with Crippen molar-refractivity contribution in [3.8, 4) is 0 Å². The van der Waals surface area contributed by atoms with Gasteiger partial charge in [-0.25, -0.2) is 4.79 Å². The lowest BCUT2D eigenvalue weighted by atomic mass is 10.0. The van der Waals surface area contributed by atoms with Crippen LogP contribution in [0.2, 0.25) is 0 Å². The van der Waals surface area contributed by atoms with E-state index >= 15 is 0 Å². The molecule has 0 atom stereocenters. The lowest BCUT2D eigenvalue weighted by molar-refractivity contribution is -0.115. The maximum absolute atomic E-state index is 11.4. The SMILES string of the molecule is CC(C)N1CCC(=C2NC(=O)NC2=O)CC1. The van der Waals surface area contributed by atoms with Crippen LogP contribution >= 0.6 is 0 Å². The number of carbonyl (C=O) groups excluding carboxylic acids is 2. The van der Waals surface area contributed by atoms with Gasteiger partial charge in [-0.2, -0.15) is 0 Å². The van der Waals surface area contributed by atoms with Crippen molar-refractivity contribution in [2.24, 2.45) is 0 Å². The molecule has 16 heavy (non-hydrogen) atoms. The maximum Gasteiger partial charge on any atom is 0.326 e. The van der Waals surface area contributed by atoms with E-state index in [9.17, 15) is 9.59 Å². The van der Waals surface area contributed by atoms with E-state index < -0.39 is 6.03 Å². The number of nitrogens with zero attached hydrogens (tertiary/aromatic N) is 1. The molecule has 2 fully saturated rings. The number of hydrogen-bond donors (Lipinski definition) is 2. The summed E-state index contributed by atoms with van der Waals surface area (Å²) in [4.78, 5) is 24.8. The summed E-state index contributed by atoms with van der Waals surface area (Å²) in [6, 6.07) is 0.136.